The molecule has 0 unspecified atom stereocenters. The van der Waals surface area contributed by atoms with Gasteiger partial charge in [0.05, 0.1) is 18.3 Å². The fourth-order valence-electron chi connectivity index (χ4n) is 3.98. The average molecular weight is 510 g/mol. The Hall–Kier alpha value is -3.78. The number of halogens is 1. The van der Waals surface area contributed by atoms with Gasteiger partial charge in [-0.3, -0.25) is 0 Å². The molecule has 188 valence electrons. The Morgan fingerprint density at radius 1 is 1.08 bits per heavy atom. The molecule has 0 spiro atoms. The number of amides is 1. The maximum absolute atomic E-state index is 12.5. The van der Waals surface area contributed by atoms with Crippen LogP contribution in [0.4, 0.5) is 10.6 Å². The highest BCUT2D eigenvalue weighted by Crippen LogP contribution is 2.38. The second-order valence-electron chi connectivity index (χ2n) is 9.45. The maximum atomic E-state index is 12.5. The third-order valence-electron chi connectivity index (χ3n) is 5.65. The zero-order valence-corrected chi connectivity index (χ0v) is 21.4. The molecule has 0 saturated carbocycles. The van der Waals surface area contributed by atoms with E-state index >= 15 is 0 Å². The Balaban J connectivity index is 1.65. The van der Waals surface area contributed by atoms with Crippen molar-refractivity contribution < 1.29 is 23.8 Å². The summed E-state index contributed by atoms with van der Waals surface area (Å²) >= 11 is 6.25. The van der Waals surface area contributed by atoms with Crippen molar-refractivity contribution >= 4 is 29.5 Å². The van der Waals surface area contributed by atoms with Crippen LogP contribution in [0.25, 0.3) is 11.1 Å². The minimum Gasteiger partial charge on any atom is -0.465 e. The van der Waals surface area contributed by atoms with E-state index in [4.69, 9.17) is 31.5 Å². The summed E-state index contributed by atoms with van der Waals surface area (Å²) < 4.78 is 16.5. The van der Waals surface area contributed by atoms with Crippen LogP contribution in [0.2, 0.25) is 5.02 Å². The first-order valence-corrected chi connectivity index (χ1v) is 11.8. The van der Waals surface area contributed by atoms with Crippen LogP contribution in [0.15, 0.2) is 48.7 Å². The van der Waals surface area contributed by atoms with Crippen molar-refractivity contribution in [2.45, 2.75) is 39.3 Å². The van der Waals surface area contributed by atoms with E-state index in [9.17, 15) is 9.59 Å². The first-order valence-electron chi connectivity index (χ1n) is 11.5. The number of anilines is 1. The van der Waals surface area contributed by atoms with Crippen LogP contribution in [0.1, 0.15) is 42.3 Å². The molecule has 3 aromatic rings. The topological polar surface area (TPSA) is 104 Å². The number of hydrogen-bond acceptors (Lipinski definition) is 7. The minimum atomic E-state index is -0.608. The highest BCUT2D eigenvalue weighted by atomic mass is 35.5. The van der Waals surface area contributed by atoms with Gasteiger partial charge in [0.15, 0.2) is 5.75 Å². The second kappa shape index (κ2) is 10.1. The largest absolute Gasteiger partial charge is 0.465 e. The first kappa shape index (κ1) is 25.3. The fraction of sp³-hybridized carbons (Fsp3) is 0.296. The lowest BCUT2D eigenvalue weighted by Gasteiger charge is -2.31. The van der Waals surface area contributed by atoms with Gasteiger partial charge in [-0.25, -0.2) is 14.6 Å². The SMILES string of the molecule is COC(=O)c1c(Cl)cccc1Oc1cnc(N)cc1-c1ccc2c(c1)CCN(C(=O)OC(C)(C)C)C2. The zero-order chi connectivity index (χ0) is 26.0. The number of nitrogens with zero attached hydrogens (tertiary/aromatic N) is 2. The lowest BCUT2D eigenvalue weighted by molar-refractivity contribution is 0.0224. The van der Waals surface area contributed by atoms with Gasteiger partial charge in [0.25, 0.3) is 0 Å². The summed E-state index contributed by atoms with van der Waals surface area (Å²) in [5.74, 6) is 0.366. The molecule has 1 aromatic heterocycles. The molecule has 1 amide bonds. The van der Waals surface area contributed by atoms with Gasteiger partial charge in [-0.1, -0.05) is 35.9 Å². The van der Waals surface area contributed by atoms with Crippen LogP contribution in [-0.2, 0) is 22.4 Å². The third kappa shape index (κ3) is 5.54. The quantitative estimate of drug-likeness (QED) is 0.439. The molecule has 0 fully saturated rings. The number of hydrogen-bond donors (Lipinski definition) is 1. The number of nitrogens with two attached hydrogens (primary N) is 1. The van der Waals surface area contributed by atoms with Crippen molar-refractivity contribution in [1.82, 2.24) is 9.88 Å². The predicted octanol–water partition coefficient (Wildman–Crippen LogP) is 5.86. The molecule has 0 bridgehead atoms. The number of ether oxygens (including phenoxy) is 3. The fourth-order valence-corrected chi connectivity index (χ4v) is 4.22. The number of aromatic nitrogens is 1. The Morgan fingerprint density at radius 2 is 1.86 bits per heavy atom. The van der Waals surface area contributed by atoms with Crippen molar-refractivity contribution in [2.24, 2.45) is 0 Å². The summed E-state index contributed by atoms with van der Waals surface area (Å²) in [6, 6.07) is 12.6. The van der Waals surface area contributed by atoms with E-state index in [-0.39, 0.29) is 22.4 Å². The number of fused-ring (bicyclic) bond motifs is 1. The lowest BCUT2D eigenvalue weighted by Crippen LogP contribution is -2.39. The van der Waals surface area contributed by atoms with Crippen LogP contribution < -0.4 is 10.5 Å². The van der Waals surface area contributed by atoms with E-state index in [1.165, 1.54) is 13.3 Å². The molecule has 0 saturated heterocycles. The predicted molar refractivity (Wildman–Crippen MR) is 137 cm³/mol. The Bertz CT molecular complexity index is 1320. The van der Waals surface area contributed by atoms with Gasteiger partial charge in [0.1, 0.15) is 22.7 Å². The molecule has 2 heterocycles. The molecule has 8 nitrogen and oxygen atoms in total. The van der Waals surface area contributed by atoms with Gasteiger partial charge in [-0.15, -0.1) is 0 Å². The van der Waals surface area contributed by atoms with E-state index in [1.807, 2.05) is 32.9 Å². The molecule has 36 heavy (non-hydrogen) atoms. The number of methoxy groups -OCH3 is 1. The van der Waals surface area contributed by atoms with Gasteiger partial charge in [0.2, 0.25) is 0 Å². The molecular weight excluding hydrogens is 482 g/mol. The normalized spacial score (nSPS) is 13.1. The molecule has 2 aromatic carbocycles. The molecule has 2 N–H and O–H groups in total. The van der Waals surface area contributed by atoms with Crippen molar-refractivity contribution in [3.8, 4) is 22.6 Å². The molecule has 4 rings (SSSR count). The number of nitrogen functional groups attached to an aromatic ring is 1. The second-order valence-corrected chi connectivity index (χ2v) is 9.85. The maximum Gasteiger partial charge on any atom is 0.410 e. The molecule has 0 aliphatic carbocycles. The Morgan fingerprint density at radius 3 is 2.58 bits per heavy atom. The van der Waals surface area contributed by atoms with Gasteiger partial charge in [0, 0.05) is 18.7 Å². The van der Waals surface area contributed by atoms with Gasteiger partial charge in [-0.05, 0) is 62.1 Å². The molecule has 0 atom stereocenters. The molecule has 1 aliphatic rings. The van der Waals surface area contributed by atoms with Crippen LogP contribution in [0, 0.1) is 0 Å². The summed E-state index contributed by atoms with van der Waals surface area (Å²) in [6.45, 7) is 6.58. The van der Waals surface area contributed by atoms with Crippen LogP contribution in [0.5, 0.6) is 11.5 Å². The Labute approximate surface area is 214 Å². The molecule has 1 aliphatic heterocycles. The van der Waals surface area contributed by atoms with Crippen molar-refractivity contribution in [3.63, 3.8) is 0 Å². The number of benzene rings is 2. The summed E-state index contributed by atoms with van der Waals surface area (Å²) in [6.07, 6.45) is 1.87. The number of carbonyl (C=O) groups is 2. The van der Waals surface area contributed by atoms with Crippen LogP contribution >= 0.6 is 11.6 Å². The summed E-state index contributed by atoms with van der Waals surface area (Å²) in [5.41, 5.74) is 9.31. The highest BCUT2D eigenvalue weighted by molar-refractivity contribution is 6.34. The average Bonchev–Trinajstić information content (AvgIpc) is 2.83. The van der Waals surface area contributed by atoms with E-state index in [0.29, 0.717) is 36.6 Å². The zero-order valence-electron chi connectivity index (χ0n) is 20.6. The molecular formula is C27H28ClN3O5. The number of pyridine rings is 1. The summed E-state index contributed by atoms with van der Waals surface area (Å²) in [5, 5.41) is 0.215. The minimum absolute atomic E-state index is 0.122. The van der Waals surface area contributed by atoms with Crippen molar-refractivity contribution in [1.29, 1.82) is 0 Å². The summed E-state index contributed by atoms with van der Waals surface area (Å²) in [4.78, 5) is 30.7. The Kier molecular flexibility index (Phi) is 7.08. The van der Waals surface area contributed by atoms with Gasteiger partial charge >= 0.3 is 12.1 Å². The smallest absolute Gasteiger partial charge is 0.410 e. The molecule has 9 heteroatoms. The standard InChI is InChI=1S/C27H28ClN3O5/c1-27(2,3)36-26(33)31-11-10-16-12-17(8-9-18(16)15-31)19-13-23(29)30-14-22(19)35-21-7-5-6-20(28)24(21)25(32)34-4/h5-9,12-14H,10-11,15H2,1-4H3,(H2,29,30). The highest BCUT2D eigenvalue weighted by Gasteiger charge is 2.26. The monoisotopic (exact) mass is 509 g/mol. The van der Waals surface area contributed by atoms with E-state index in [1.54, 1.807) is 29.2 Å². The van der Waals surface area contributed by atoms with Crippen LogP contribution in [-0.4, -0.2) is 41.2 Å². The van der Waals surface area contributed by atoms with Crippen molar-refractivity contribution in [3.05, 3.63) is 70.4 Å². The van der Waals surface area contributed by atoms with E-state index < -0.39 is 11.6 Å². The number of rotatable bonds is 4. The first-order chi connectivity index (χ1) is 17.1. The molecule has 0 radical (unpaired) electrons. The van der Waals surface area contributed by atoms with Gasteiger partial charge in [-0.2, -0.15) is 0 Å². The number of esters is 1. The number of carbonyl (C=O) groups excluding carboxylic acids is 2. The van der Waals surface area contributed by atoms with Gasteiger partial charge < -0.3 is 24.8 Å². The third-order valence-corrected chi connectivity index (χ3v) is 5.97. The van der Waals surface area contributed by atoms with E-state index in [0.717, 1.165) is 16.7 Å². The van der Waals surface area contributed by atoms with Crippen LogP contribution in [0.3, 0.4) is 0 Å². The lowest BCUT2D eigenvalue weighted by atomic mass is 9.94. The van der Waals surface area contributed by atoms with E-state index in [2.05, 4.69) is 11.1 Å². The summed E-state index contributed by atoms with van der Waals surface area (Å²) in [7, 11) is 1.28. The van der Waals surface area contributed by atoms with Crippen molar-refractivity contribution in [2.75, 3.05) is 19.4 Å².